The Balaban J connectivity index is 4.07. The van der Waals surface area contributed by atoms with E-state index in [1.54, 1.807) is 0 Å². The van der Waals surface area contributed by atoms with E-state index in [4.69, 9.17) is 5.73 Å². The van der Waals surface area contributed by atoms with E-state index < -0.39 is 5.97 Å². The van der Waals surface area contributed by atoms with Gasteiger partial charge in [-0.15, -0.1) is 0 Å². The molecular formula is C31H61NO3. The molecule has 0 aliphatic heterocycles. The van der Waals surface area contributed by atoms with Crippen molar-refractivity contribution < 1.29 is 14.7 Å². The fraction of sp³-hybridized carbons (Fsp3) is 0.935. The van der Waals surface area contributed by atoms with Gasteiger partial charge in [0.1, 0.15) is 0 Å². The zero-order valence-corrected chi connectivity index (χ0v) is 23.8. The van der Waals surface area contributed by atoms with Crippen LogP contribution in [0.2, 0.25) is 0 Å². The van der Waals surface area contributed by atoms with Gasteiger partial charge in [-0.05, 0) is 25.2 Å². The van der Waals surface area contributed by atoms with Gasteiger partial charge in [0, 0.05) is 5.92 Å². The van der Waals surface area contributed by atoms with Gasteiger partial charge in [0.15, 0.2) is 0 Å². The summed E-state index contributed by atoms with van der Waals surface area (Å²) in [7, 11) is 0. The Labute approximate surface area is 218 Å². The minimum atomic E-state index is -0.713. The highest BCUT2D eigenvalue weighted by Gasteiger charge is 2.28. The van der Waals surface area contributed by atoms with Crippen LogP contribution in [0.1, 0.15) is 168 Å². The Bertz CT molecular complexity index is 494. The number of hydrogen-bond donors (Lipinski definition) is 2. The van der Waals surface area contributed by atoms with Gasteiger partial charge in [-0.25, -0.2) is 0 Å². The second kappa shape index (κ2) is 24.6. The topological polar surface area (TPSA) is 80.4 Å². The minimum absolute atomic E-state index is 0.0373. The molecule has 3 N–H and O–H groups in total. The third-order valence-corrected chi connectivity index (χ3v) is 7.83. The number of carboxylic acids is 1. The zero-order valence-electron chi connectivity index (χ0n) is 23.8. The number of aliphatic carboxylic acids is 1. The van der Waals surface area contributed by atoms with Gasteiger partial charge >= 0.3 is 5.97 Å². The van der Waals surface area contributed by atoms with Crippen molar-refractivity contribution >= 4 is 11.9 Å². The highest BCUT2D eigenvalue weighted by molar-refractivity contribution is 5.77. The summed E-state index contributed by atoms with van der Waals surface area (Å²) in [6.45, 7) is 6.53. The summed E-state index contributed by atoms with van der Waals surface area (Å²) in [4.78, 5) is 23.9. The molecule has 0 saturated heterocycles. The molecule has 0 radical (unpaired) electrons. The van der Waals surface area contributed by atoms with Crippen molar-refractivity contribution in [2.24, 2.45) is 23.5 Å². The standard InChI is InChI=1S/C31H61NO3/c1-4-6-8-10-12-14-16-18-20-22-24-28(31(34)35)26-27(3)29(30(32)33)25-23-21-19-17-15-13-11-9-7-5-2/h27-29H,4-26H2,1-3H3,(H2,32,33)(H,34,35). The summed E-state index contributed by atoms with van der Waals surface area (Å²) in [5.41, 5.74) is 5.73. The first kappa shape index (κ1) is 33.9. The molecule has 1 amide bonds. The Morgan fingerprint density at radius 1 is 0.600 bits per heavy atom. The first-order valence-corrected chi connectivity index (χ1v) is 15.5. The molecule has 0 spiro atoms. The predicted octanol–water partition coefficient (Wildman–Crippen LogP) is 9.44. The van der Waals surface area contributed by atoms with E-state index in [0.29, 0.717) is 6.42 Å². The van der Waals surface area contributed by atoms with Crippen molar-refractivity contribution in [3.63, 3.8) is 0 Å². The highest BCUT2D eigenvalue weighted by Crippen LogP contribution is 2.28. The van der Waals surface area contributed by atoms with E-state index in [9.17, 15) is 14.7 Å². The number of unbranched alkanes of at least 4 members (excludes halogenated alkanes) is 18. The van der Waals surface area contributed by atoms with E-state index in [2.05, 4.69) is 13.8 Å². The second-order valence-electron chi connectivity index (χ2n) is 11.2. The first-order valence-electron chi connectivity index (χ1n) is 15.5. The molecule has 35 heavy (non-hydrogen) atoms. The summed E-state index contributed by atoms with van der Waals surface area (Å²) in [5, 5.41) is 9.73. The Morgan fingerprint density at radius 3 is 1.29 bits per heavy atom. The summed E-state index contributed by atoms with van der Waals surface area (Å²) >= 11 is 0. The molecule has 0 heterocycles. The molecule has 4 heteroatoms. The van der Waals surface area contributed by atoms with Crippen LogP contribution in [0.25, 0.3) is 0 Å². The summed E-state index contributed by atoms with van der Waals surface area (Å²) in [5.74, 6) is -1.48. The monoisotopic (exact) mass is 495 g/mol. The normalized spacial score (nSPS) is 14.0. The molecule has 0 rings (SSSR count). The fourth-order valence-electron chi connectivity index (χ4n) is 5.39. The van der Waals surface area contributed by atoms with Crippen LogP contribution < -0.4 is 5.73 Å². The summed E-state index contributed by atoms with van der Waals surface area (Å²) < 4.78 is 0. The largest absolute Gasteiger partial charge is 0.481 e. The third-order valence-electron chi connectivity index (χ3n) is 7.83. The molecule has 0 fully saturated rings. The van der Waals surface area contributed by atoms with Crippen molar-refractivity contribution in [3.05, 3.63) is 0 Å². The van der Waals surface area contributed by atoms with Gasteiger partial charge in [0.05, 0.1) is 5.92 Å². The van der Waals surface area contributed by atoms with E-state index >= 15 is 0 Å². The van der Waals surface area contributed by atoms with Crippen LogP contribution >= 0.6 is 0 Å². The van der Waals surface area contributed by atoms with Crippen molar-refractivity contribution in [1.82, 2.24) is 0 Å². The van der Waals surface area contributed by atoms with Crippen LogP contribution in [0, 0.1) is 17.8 Å². The maximum absolute atomic E-state index is 12.1. The van der Waals surface area contributed by atoms with Crippen LogP contribution in [0.15, 0.2) is 0 Å². The highest BCUT2D eigenvalue weighted by atomic mass is 16.4. The third kappa shape index (κ3) is 20.8. The molecule has 0 bridgehead atoms. The smallest absolute Gasteiger partial charge is 0.306 e. The minimum Gasteiger partial charge on any atom is -0.481 e. The number of nitrogens with two attached hydrogens (primary N) is 1. The van der Waals surface area contributed by atoms with Crippen molar-refractivity contribution in [1.29, 1.82) is 0 Å². The summed E-state index contributed by atoms with van der Waals surface area (Å²) in [6, 6.07) is 0. The number of carbonyl (C=O) groups excluding carboxylic acids is 1. The molecule has 0 aromatic rings. The first-order chi connectivity index (χ1) is 16.9. The van der Waals surface area contributed by atoms with Crippen LogP contribution in [0.3, 0.4) is 0 Å². The van der Waals surface area contributed by atoms with Crippen LogP contribution in [-0.4, -0.2) is 17.0 Å². The lowest BCUT2D eigenvalue weighted by atomic mass is 9.81. The van der Waals surface area contributed by atoms with E-state index in [1.807, 2.05) is 6.92 Å². The van der Waals surface area contributed by atoms with Gasteiger partial charge < -0.3 is 10.8 Å². The lowest BCUT2D eigenvalue weighted by Crippen LogP contribution is -2.31. The Morgan fingerprint density at radius 2 is 0.943 bits per heavy atom. The molecule has 4 nitrogen and oxygen atoms in total. The molecule has 0 aromatic carbocycles. The molecule has 0 saturated carbocycles. The maximum atomic E-state index is 12.1. The van der Waals surface area contributed by atoms with E-state index in [0.717, 1.165) is 38.5 Å². The SMILES string of the molecule is CCCCCCCCCCCCC(CC(C)C(CCCCCCCCCCCC)C(N)=O)C(=O)O. The molecule has 0 aliphatic rings. The zero-order chi connectivity index (χ0) is 26.2. The van der Waals surface area contributed by atoms with Gasteiger partial charge in [-0.3, -0.25) is 9.59 Å². The number of primary amides is 1. The number of hydrogen-bond acceptors (Lipinski definition) is 2. The lowest BCUT2D eigenvalue weighted by Gasteiger charge is -2.24. The maximum Gasteiger partial charge on any atom is 0.306 e. The molecule has 208 valence electrons. The predicted molar refractivity (Wildman–Crippen MR) is 151 cm³/mol. The molecule has 3 atom stereocenters. The lowest BCUT2D eigenvalue weighted by molar-refractivity contribution is -0.143. The van der Waals surface area contributed by atoms with Crippen molar-refractivity contribution in [3.8, 4) is 0 Å². The van der Waals surface area contributed by atoms with Gasteiger partial charge in [-0.2, -0.15) is 0 Å². The number of carboxylic acid groups (broad SMARTS) is 1. The van der Waals surface area contributed by atoms with Gasteiger partial charge in [-0.1, -0.05) is 149 Å². The van der Waals surface area contributed by atoms with Gasteiger partial charge in [0.2, 0.25) is 5.91 Å². The second-order valence-corrected chi connectivity index (χ2v) is 11.2. The van der Waals surface area contributed by atoms with Crippen LogP contribution in [-0.2, 0) is 9.59 Å². The number of amides is 1. The van der Waals surface area contributed by atoms with Crippen molar-refractivity contribution in [2.45, 2.75) is 168 Å². The van der Waals surface area contributed by atoms with Crippen LogP contribution in [0.4, 0.5) is 0 Å². The van der Waals surface area contributed by atoms with Gasteiger partial charge in [0.25, 0.3) is 0 Å². The summed E-state index contributed by atoms with van der Waals surface area (Å²) in [6.07, 6.45) is 27.4. The van der Waals surface area contributed by atoms with Crippen LogP contribution in [0.5, 0.6) is 0 Å². The molecule has 3 unspecified atom stereocenters. The number of carbonyl (C=O) groups is 2. The Kier molecular flexibility index (Phi) is 23.9. The average molecular weight is 496 g/mol. The van der Waals surface area contributed by atoms with E-state index in [1.165, 1.54) is 103 Å². The Hall–Kier alpha value is -1.06. The fourth-order valence-corrected chi connectivity index (χ4v) is 5.39. The van der Waals surface area contributed by atoms with E-state index in [-0.39, 0.29) is 23.7 Å². The molecule has 0 aromatic heterocycles. The average Bonchev–Trinajstić information content (AvgIpc) is 2.82. The molecule has 0 aliphatic carbocycles. The quantitative estimate of drug-likeness (QED) is 0.111. The van der Waals surface area contributed by atoms with Crippen molar-refractivity contribution in [2.75, 3.05) is 0 Å². The molecular weight excluding hydrogens is 434 g/mol. The number of rotatable bonds is 27.